The predicted octanol–water partition coefficient (Wildman–Crippen LogP) is 3.04. The summed E-state index contributed by atoms with van der Waals surface area (Å²) in [7, 11) is 0. The van der Waals surface area contributed by atoms with Crippen LogP contribution in [0.15, 0.2) is 18.2 Å². The van der Waals surface area contributed by atoms with E-state index < -0.39 is 0 Å². The zero-order chi connectivity index (χ0) is 13.0. The highest BCUT2D eigenvalue weighted by atomic mass is 32.2. The monoisotopic (exact) mass is 269 g/mol. The van der Waals surface area contributed by atoms with Crippen LogP contribution in [0.4, 0.5) is 10.1 Å². The average molecular weight is 269 g/mol. The third kappa shape index (κ3) is 3.18. The van der Waals surface area contributed by atoms with Crippen molar-refractivity contribution in [1.29, 1.82) is 0 Å². The van der Waals surface area contributed by atoms with Gasteiger partial charge in [0.25, 0.3) is 0 Å². The minimum atomic E-state index is -0.218. The molecule has 1 unspecified atom stereocenters. The van der Waals surface area contributed by atoms with Gasteiger partial charge in [-0.05, 0) is 43.2 Å². The Morgan fingerprint density at radius 1 is 1.39 bits per heavy atom. The third-order valence-corrected chi connectivity index (χ3v) is 4.68. The molecule has 1 N–H and O–H groups in total. The van der Waals surface area contributed by atoms with Crippen molar-refractivity contribution >= 4 is 17.4 Å². The van der Waals surface area contributed by atoms with Crippen LogP contribution < -0.4 is 4.90 Å². The van der Waals surface area contributed by atoms with E-state index in [1.54, 1.807) is 12.1 Å². The molecule has 0 aliphatic carbocycles. The molecule has 0 bridgehead atoms. The number of hydrogen-bond acceptors (Lipinski definition) is 3. The van der Waals surface area contributed by atoms with Crippen LogP contribution in [0.3, 0.4) is 0 Å². The second-order valence-electron chi connectivity index (χ2n) is 4.72. The van der Waals surface area contributed by atoms with Gasteiger partial charge in [-0.3, -0.25) is 0 Å². The molecule has 1 atom stereocenters. The van der Waals surface area contributed by atoms with E-state index in [-0.39, 0.29) is 12.4 Å². The molecule has 18 heavy (non-hydrogen) atoms. The van der Waals surface area contributed by atoms with Crippen molar-refractivity contribution in [3.63, 3.8) is 0 Å². The fraction of sp³-hybridized carbons (Fsp3) is 0.571. The molecule has 4 heteroatoms. The number of halogens is 1. The van der Waals surface area contributed by atoms with Gasteiger partial charge in [0.1, 0.15) is 5.82 Å². The molecule has 1 aromatic carbocycles. The maximum absolute atomic E-state index is 14.0. The molecular formula is C14H20FNOS. The lowest BCUT2D eigenvalue weighted by atomic mass is 10.2. The number of hydrogen-bond donors (Lipinski definition) is 1. The molecule has 2 rings (SSSR count). The summed E-state index contributed by atoms with van der Waals surface area (Å²) in [6.45, 7) is 1.74. The van der Waals surface area contributed by atoms with Crippen LogP contribution in [-0.4, -0.2) is 29.7 Å². The second kappa shape index (κ2) is 6.43. The Bertz CT molecular complexity index is 399. The summed E-state index contributed by atoms with van der Waals surface area (Å²) in [5, 5.41) is 9.70. The standard InChI is InChI=1S/C14H20FNOS/c1-18-12-3-2-7-16(8-6-12)14-5-4-11(10-17)9-13(14)15/h4-5,9,12,17H,2-3,6-8,10H2,1H3. The number of aliphatic hydroxyl groups is 1. The Morgan fingerprint density at radius 3 is 2.89 bits per heavy atom. The van der Waals surface area contributed by atoms with Crippen molar-refractivity contribution in [2.24, 2.45) is 0 Å². The van der Waals surface area contributed by atoms with Crippen LogP contribution in [0.5, 0.6) is 0 Å². The zero-order valence-corrected chi connectivity index (χ0v) is 11.5. The SMILES string of the molecule is CSC1CCCN(c2ccc(CO)cc2F)CC1. The van der Waals surface area contributed by atoms with Gasteiger partial charge in [-0.2, -0.15) is 11.8 Å². The number of nitrogens with zero attached hydrogens (tertiary/aromatic N) is 1. The number of thioether (sulfide) groups is 1. The van der Waals surface area contributed by atoms with Crippen molar-refractivity contribution in [3.05, 3.63) is 29.6 Å². The fourth-order valence-electron chi connectivity index (χ4n) is 2.45. The van der Waals surface area contributed by atoms with Crippen LogP contribution in [0.25, 0.3) is 0 Å². The van der Waals surface area contributed by atoms with Crippen LogP contribution >= 0.6 is 11.8 Å². The molecule has 0 spiro atoms. The number of anilines is 1. The van der Waals surface area contributed by atoms with Crippen LogP contribution in [0, 0.1) is 5.82 Å². The Balaban J connectivity index is 2.11. The van der Waals surface area contributed by atoms with Gasteiger partial charge in [-0.25, -0.2) is 4.39 Å². The molecule has 0 aromatic heterocycles. The predicted molar refractivity (Wildman–Crippen MR) is 75.7 cm³/mol. The Morgan fingerprint density at radius 2 is 2.22 bits per heavy atom. The normalized spacial score (nSPS) is 20.8. The highest BCUT2D eigenvalue weighted by molar-refractivity contribution is 7.99. The van der Waals surface area contributed by atoms with Gasteiger partial charge in [0.15, 0.2) is 0 Å². The largest absolute Gasteiger partial charge is 0.392 e. The summed E-state index contributed by atoms with van der Waals surface area (Å²) in [5.41, 5.74) is 1.31. The molecule has 2 nitrogen and oxygen atoms in total. The van der Waals surface area contributed by atoms with E-state index in [0.29, 0.717) is 16.5 Å². The van der Waals surface area contributed by atoms with E-state index in [2.05, 4.69) is 11.2 Å². The zero-order valence-electron chi connectivity index (χ0n) is 10.7. The lowest BCUT2D eigenvalue weighted by Crippen LogP contribution is -2.25. The van der Waals surface area contributed by atoms with E-state index in [1.165, 1.54) is 12.5 Å². The van der Waals surface area contributed by atoms with Crippen molar-refractivity contribution in [2.45, 2.75) is 31.1 Å². The summed E-state index contributed by atoms with van der Waals surface area (Å²) in [4.78, 5) is 2.13. The smallest absolute Gasteiger partial charge is 0.146 e. The quantitative estimate of drug-likeness (QED) is 0.912. The molecule has 1 aromatic rings. The number of aliphatic hydroxyl groups excluding tert-OH is 1. The maximum atomic E-state index is 14.0. The first kappa shape index (κ1) is 13.7. The molecule has 1 fully saturated rings. The Hall–Kier alpha value is -0.740. The molecule has 0 amide bonds. The number of benzene rings is 1. The minimum Gasteiger partial charge on any atom is -0.392 e. The van der Waals surface area contributed by atoms with Crippen LogP contribution in [0.1, 0.15) is 24.8 Å². The summed E-state index contributed by atoms with van der Waals surface area (Å²) in [6.07, 6.45) is 5.60. The van der Waals surface area contributed by atoms with Crippen molar-refractivity contribution in [2.75, 3.05) is 24.2 Å². The molecule has 1 aliphatic rings. The third-order valence-electron chi connectivity index (χ3n) is 3.54. The van der Waals surface area contributed by atoms with E-state index in [0.717, 1.165) is 25.9 Å². The molecule has 0 radical (unpaired) electrons. The van der Waals surface area contributed by atoms with Gasteiger partial charge in [0.2, 0.25) is 0 Å². The highest BCUT2D eigenvalue weighted by Gasteiger charge is 2.18. The van der Waals surface area contributed by atoms with Crippen LogP contribution in [0.2, 0.25) is 0 Å². The first-order chi connectivity index (χ1) is 8.74. The minimum absolute atomic E-state index is 0.105. The number of rotatable bonds is 3. The maximum Gasteiger partial charge on any atom is 0.146 e. The van der Waals surface area contributed by atoms with Crippen molar-refractivity contribution in [3.8, 4) is 0 Å². The molecule has 1 saturated heterocycles. The van der Waals surface area contributed by atoms with E-state index in [1.807, 2.05) is 11.8 Å². The van der Waals surface area contributed by atoms with Crippen molar-refractivity contribution in [1.82, 2.24) is 0 Å². The molecule has 1 aliphatic heterocycles. The Labute approximate surface area is 112 Å². The fourth-order valence-corrected chi connectivity index (χ4v) is 3.19. The van der Waals surface area contributed by atoms with Gasteiger partial charge in [-0.15, -0.1) is 0 Å². The van der Waals surface area contributed by atoms with E-state index in [9.17, 15) is 4.39 Å². The van der Waals surface area contributed by atoms with Crippen molar-refractivity contribution < 1.29 is 9.50 Å². The lowest BCUT2D eigenvalue weighted by molar-refractivity contribution is 0.281. The topological polar surface area (TPSA) is 23.5 Å². The highest BCUT2D eigenvalue weighted by Crippen LogP contribution is 2.27. The van der Waals surface area contributed by atoms with Gasteiger partial charge < -0.3 is 10.0 Å². The van der Waals surface area contributed by atoms with E-state index >= 15 is 0 Å². The summed E-state index contributed by atoms with van der Waals surface area (Å²) >= 11 is 1.91. The average Bonchev–Trinajstić information content (AvgIpc) is 2.63. The molecule has 1 heterocycles. The molecular weight excluding hydrogens is 249 g/mol. The molecule has 100 valence electrons. The first-order valence-corrected chi connectivity index (χ1v) is 7.70. The van der Waals surface area contributed by atoms with Gasteiger partial charge in [0.05, 0.1) is 12.3 Å². The second-order valence-corrected chi connectivity index (χ2v) is 5.86. The first-order valence-electron chi connectivity index (χ1n) is 6.41. The Kier molecular flexibility index (Phi) is 4.89. The molecule has 0 saturated carbocycles. The summed E-state index contributed by atoms with van der Waals surface area (Å²) in [5.74, 6) is -0.218. The van der Waals surface area contributed by atoms with E-state index in [4.69, 9.17) is 5.11 Å². The summed E-state index contributed by atoms with van der Waals surface area (Å²) < 4.78 is 14.0. The van der Waals surface area contributed by atoms with Gasteiger partial charge in [-0.1, -0.05) is 6.07 Å². The lowest BCUT2D eigenvalue weighted by Gasteiger charge is -2.23. The van der Waals surface area contributed by atoms with Gasteiger partial charge in [0, 0.05) is 18.3 Å². The van der Waals surface area contributed by atoms with Gasteiger partial charge >= 0.3 is 0 Å². The summed E-state index contributed by atoms with van der Waals surface area (Å²) in [6, 6.07) is 5.03. The van der Waals surface area contributed by atoms with Crippen LogP contribution in [-0.2, 0) is 6.61 Å².